The first kappa shape index (κ1) is 18.0. The number of hydrogen-bond acceptors (Lipinski definition) is 1. The van der Waals surface area contributed by atoms with Crippen LogP contribution >= 0.6 is 0 Å². The first-order chi connectivity index (χ1) is 7.73. The van der Waals surface area contributed by atoms with Gasteiger partial charge in [0, 0.05) is 6.54 Å². The van der Waals surface area contributed by atoms with Crippen LogP contribution in [0.3, 0.4) is 0 Å². The Morgan fingerprint density at radius 1 is 0.778 bits per heavy atom. The summed E-state index contributed by atoms with van der Waals surface area (Å²) in [7, 11) is 4.36. The van der Waals surface area contributed by atoms with Crippen molar-refractivity contribution in [3.63, 3.8) is 0 Å². The highest BCUT2D eigenvalue weighted by atomic mass is 15.1. The summed E-state index contributed by atoms with van der Waals surface area (Å²) in [5, 5.41) is 0. The Bertz CT molecular complexity index is 237. The van der Waals surface area contributed by atoms with Gasteiger partial charge >= 0.3 is 0 Å². The van der Waals surface area contributed by atoms with E-state index in [1.807, 2.05) is 0 Å². The summed E-state index contributed by atoms with van der Waals surface area (Å²) in [6, 6.07) is 0. The van der Waals surface area contributed by atoms with Crippen LogP contribution in [-0.2, 0) is 0 Å². The van der Waals surface area contributed by atoms with Gasteiger partial charge in [-0.25, -0.2) is 0 Å². The molecule has 1 nitrogen and oxygen atoms in total. The van der Waals surface area contributed by atoms with Crippen molar-refractivity contribution < 1.29 is 0 Å². The summed E-state index contributed by atoms with van der Waals surface area (Å²) >= 11 is 0. The lowest BCUT2D eigenvalue weighted by Gasteiger charge is -2.41. The molecule has 0 amide bonds. The van der Waals surface area contributed by atoms with Crippen molar-refractivity contribution in [3.05, 3.63) is 0 Å². The van der Waals surface area contributed by atoms with E-state index in [4.69, 9.17) is 0 Å². The summed E-state index contributed by atoms with van der Waals surface area (Å²) in [6.07, 6.45) is 2.62. The van der Waals surface area contributed by atoms with Gasteiger partial charge in [0.1, 0.15) is 0 Å². The minimum atomic E-state index is 0.396. The first-order valence-electron chi connectivity index (χ1n) is 7.38. The van der Waals surface area contributed by atoms with Gasteiger partial charge in [0.05, 0.1) is 0 Å². The third-order valence-corrected chi connectivity index (χ3v) is 3.63. The van der Waals surface area contributed by atoms with Crippen molar-refractivity contribution in [3.8, 4) is 0 Å². The van der Waals surface area contributed by atoms with Gasteiger partial charge in [0.15, 0.2) is 0 Å². The van der Waals surface area contributed by atoms with Crippen LogP contribution in [-0.4, -0.2) is 25.5 Å². The van der Waals surface area contributed by atoms with E-state index < -0.39 is 0 Å². The Hall–Kier alpha value is -0.0400. The van der Waals surface area contributed by atoms with Crippen LogP contribution in [0.4, 0.5) is 0 Å². The summed E-state index contributed by atoms with van der Waals surface area (Å²) in [5.74, 6) is 0.785. The van der Waals surface area contributed by atoms with E-state index >= 15 is 0 Å². The van der Waals surface area contributed by atoms with E-state index in [-0.39, 0.29) is 0 Å². The van der Waals surface area contributed by atoms with Crippen molar-refractivity contribution in [1.29, 1.82) is 0 Å². The van der Waals surface area contributed by atoms with Gasteiger partial charge in [-0.1, -0.05) is 55.4 Å². The van der Waals surface area contributed by atoms with Crippen LogP contribution in [0.5, 0.6) is 0 Å². The molecule has 0 aliphatic carbocycles. The zero-order valence-electron chi connectivity index (χ0n) is 14.6. The molecule has 0 saturated heterocycles. The van der Waals surface area contributed by atoms with Crippen LogP contribution < -0.4 is 0 Å². The average Bonchev–Trinajstić information content (AvgIpc) is 1.93. The third-order valence-electron chi connectivity index (χ3n) is 3.63. The van der Waals surface area contributed by atoms with E-state index in [2.05, 4.69) is 74.4 Å². The van der Waals surface area contributed by atoms with E-state index in [1.54, 1.807) is 0 Å². The maximum atomic E-state index is 2.41. The monoisotopic (exact) mass is 255 g/mol. The molecule has 0 aliphatic heterocycles. The molecule has 18 heavy (non-hydrogen) atoms. The second kappa shape index (κ2) is 5.94. The van der Waals surface area contributed by atoms with Gasteiger partial charge in [-0.15, -0.1) is 0 Å². The second-order valence-electron chi connectivity index (χ2n) is 9.43. The zero-order chi connectivity index (χ0) is 14.8. The fourth-order valence-corrected chi connectivity index (χ4v) is 3.01. The minimum Gasteiger partial charge on any atom is -0.309 e. The SMILES string of the molecule is CN(C)CC(C)(C)CC(CC(C)(C)C)C(C)(C)C. The minimum absolute atomic E-state index is 0.396. The molecule has 0 radical (unpaired) electrons. The highest BCUT2D eigenvalue weighted by Crippen LogP contribution is 2.42. The predicted molar refractivity (Wildman–Crippen MR) is 84.0 cm³/mol. The number of rotatable bonds is 5. The molecule has 1 heteroatoms. The lowest BCUT2D eigenvalue weighted by atomic mass is 9.66. The molecule has 110 valence electrons. The molecule has 0 aromatic rings. The topological polar surface area (TPSA) is 3.24 Å². The van der Waals surface area contributed by atoms with Crippen LogP contribution in [0.2, 0.25) is 0 Å². The van der Waals surface area contributed by atoms with Gasteiger partial charge in [0.2, 0.25) is 0 Å². The molecule has 0 saturated carbocycles. The standard InChI is InChI=1S/C17H37N/c1-15(2,3)11-14(16(4,5)6)12-17(7,8)13-18(9)10/h14H,11-13H2,1-10H3. The Balaban J connectivity index is 4.80. The van der Waals surface area contributed by atoms with Gasteiger partial charge in [-0.05, 0) is 49.1 Å². The molecule has 0 fully saturated rings. The first-order valence-corrected chi connectivity index (χ1v) is 7.38. The molecule has 0 aliphatic rings. The average molecular weight is 255 g/mol. The van der Waals surface area contributed by atoms with Gasteiger partial charge in [-0.2, -0.15) is 0 Å². The Labute approximate surface area is 116 Å². The molecule has 0 spiro atoms. The molecule has 0 rings (SSSR count). The number of hydrogen-bond donors (Lipinski definition) is 0. The van der Waals surface area contributed by atoms with E-state index in [0.717, 1.165) is 5.92 Å². The van der Waals surface area contributed by atoms with Crippen molar-refractivity contribution >= 4 is 0 Å². The lowest BCUT2D eigenvalue weighted by molar-refractivity contribution is 0.0931. The van der Waals surface area contributed by atoms with E-state index in [0.29, 0.717) is 16.2 Å². The van der Waals surface area contributed by atoms with Gasteiger partial charge < -0.3 is 4.90 Å². The summed E-state index contributed by atoms with van der Waals surface area (Å²) in [4.78, 5) is 2.32. The third kappa shape index (κ3) is 8.13. The number of nitrogens with zero attached hydrogens (tertiary/aromatic N) is 1. The quantitative estimate of drug-likeness (QED) is 0.663. The molecular weight excluding hydrogens is 218 g/mol. The molecular formula is C17H37N. The summed E-state index contributed by atoms with van der Waals surface area (Å²) in [5.41, 5.74) is 1.22. The second-order valence-corrected chi connectivity index (χ2v) is 9.43. The van der Waals surface area contributed by atoms with E-state index in [9.17, 15) is 0 Å². The fourth-order valence-electron chi connectivity index (χ4n) is 3.01. The largest absolute Gasteiger partial charge is 0.309 e. The molecule has 0 aromatic carbocycles. The van der Waals surface area contributed by atoms with Crippen LogP contribution in [0.15, 0.2) is 0 Å². The summed E-state index contributed by atoms with van der Waals surface area (Å²) in [6.45, 7) is 20.3. The summed E-state index contributed by atoms with van der Waals surface area (Å²) < 4.78 is 0. The van der Waals surface area contributed by atoms with Crippen LogP contribution in [0.1, 0.15) is 68.2 Å². The maximum absolute atomic E-state index is 2.41. The molecule has 1 atom stereocenters. The Morgan fingerprint density at radius 3 is 1.50 bits per heavy atom. The molecule has 0 N–H and O–H groups in total. The highest BCUT2D eigenvalue weighted by Gasteiger charge is 2.33. The van der Waals surface area contributed by atoms with Crippen molar-refractivity contribution in [1.82, 2.24) is 4.90 Å². The molecule has 1 unspecified atom stereocenters. The van der Waals surface area contributed by atoms with E-state index in [1.165, 1.54) is 19.4 Å². The Kier molecular flexibility index (Phi) is 5.93. The Morgan fingerprint density at radius 2 is 1.22 bits per heavy atom. The van der Waals surface area contributed by atoms with Gasteiger partial charge in [0.25, 0.3) is 0 Å². The highest BCUT2D eigenvalue weighted by molar-refractivity contribution is 4.85. The molecule has 0 bridgehead atoms. The predicted octanol–water partition coefficient (Wildman–Crippen LogP) is 5.06. The normalized spacial score (nSPS) is 16.2. The van der Waals surface area contributed by atoms with Gasteiger partial charge in [-0.3, -0.25) is 0 Å². The smallest absolute Gasteiger partial charge is 0.00267 e. The molecule has 0 aromatic heterocycles. The van der Waals surface area contributed by atoms with Crippen molar-refractivity contribution in [2.45, 2.75) is 68.2 Å². The van der Waals surface area contributed by atoms with Crippen molar-refractivity contribution in [2.75, 3.05) is 20.6 Å². The fraction of sp³-hybridized carbons (Fsp3) is 1.00. The van der Waals surface area contributed by atoms with Crippen LogP contribution in [0.25, 0.3) is 0 Å². The van der Waals surface area contributed by atoms with Crippen LogP contribution in [0, 0.1) is 22.2 Å². The zero-order valence-corrected chi connectivity index (χ0v) is 14.6. The van der Waals surface area contributed by atoms with Crippen molar-refractivity contribution in [2.24, 2.45) is 22.2 Å². The lowest BCUT2D eigenvalue weighted by Crippen LogP contribution is -2.35. The maximum Gasteiger partial charge on any atom is 0.00267 e. The molecule has 0 heterocycles.